The Kier molecular flexibility index (Phi) is 9.40. The van der Waals surface area contributed by atoms with Crippen LogP contribution in [-0.2, 0) is 22.5 Å². The lowest BCUT2D eigenvalue weighted by molar-refractivity contribution is -0.152. The van der Waals surface area contributed by atoms with Gasteiger partial charge < -0.3 is 17.7 Å². The van der Waals surface area contributed by atoms with Gasteiger partial charge in [0.25, 0.3) is 0 Å². The van der Waals surface area contributed by atoms with E-state index in [1.165, 1.54) is 31.4 Å². The van der Waals surface area contributed by atoms with E-state index in [-0.39, 0.29) is 17.8 Å². The van der Waals surface area contributed by atoms with E-state index in [0.29, 0.717) is 29.8 Å². The number of rotatable bonds is 10. The first-order chi connectivity index (χ1) is 18.9. The van der Waals surface area contributed by atoms with Gasteiger partial charge in [0, 0.05) is 17.4 Å². The van der Waals surface area contributed by atoms with Gasteiger partial charge in [-0.1, -0.05) is 13.8 Å². The minimum absolute atomic E-state index is 0.156. The summed E-state index contributed by atoms with van der Waals surface area (Å²) in [5.74, 6) is 3.34. The van der Waals surface area contributed by atoms with Crippen molar-refractivity contribution >= 4 is 39.1 Å². The second kappa shape index (κ2) is 11.3. The molecule has 0 heterocycles. The van der Waals surface area contributed by atoms with Crippen molar-refractivity contribution in [1.82, 2.24) is 0 Å². The van der Waals surface area contributed by atoms with Crippen LogP contribution in [0.1, 0.15) is 58.8 Å². The Morgan fingerprint density at radius 1 is 0.810 bits per heavy atom. The molecule has 0 N–H and O–H groups in total. The number of fused-ring (bicyclic) bond motifs is 5. The van der Waals surface area contributed by atoms with E-state index in [0.717, 1.165) is 19.3 Å². The van der Waals surface area contributed by atoms with E-state index < -0.39 is 44.3 Å². The number of ketones is 1. The third-order valence-corrected chi connectivity index (χ3v) is 14.6. The molecule has 0 aliphatic heterocycles. The predicted octanol–water partition coefficient (Wildman–Crippen LogP) is 9.22. The molecule has 9 heteroatoms. The van der Waals surface area contributed by atoms with Crippen LogP contribution in [0, 0.1) is 34.5 Å². The van der Waals surface area contributed by atoms with Crippen LogP contribution < -0.4 is 0 Å². The minimum atomic E-state index is -2.08. The first-order valence-electron chi connectivity index (χ1n) is 16.9. The molecular weight excluding hydrogens is 589 g/mol. The second-order valence-corrected chi connectivity index (χ2v) is 36.4. The van der Waals surface area contributed by atoms with Gasteiger partial charge >= 0.3 is 0 Å². The standard InChI is InChI=1S/C33H64O5Si4/c1-31-19-17-25(36-40(6,7)8)21-24(31)15-16-26-27-18-20-33(38-42(12,13)14,29(34)23-35-39(3,4)5)32(27,2)22-28(30(26)31)37-41(9,10)11/h22,24-27,30H,15-21,23H2,1-14H3/t24?,25-,26?,27?,30?,31?,32?,33+/m1/s1. The molecule has 8 atom stereocenters. The Balaban J connectivity index is 1.80. The van der Waals surface area contributed by atoms with Gasteiger partial charge in [-0.2, -0.15) is 0 Å². The van der Waals surface area contributed by atoms with Crippen LogP contribution in [0.5, 0.6) is 0 Å². The van der Waals surface area contributed by atoms with Crippen LogP contribution in [0.2, 0.25) is 78.6 Å². The molecule has 5 nitrogen and oxygen atoms in total. The lowest BCUT2D eigenvalue weighted by atomic mass is 9.46. The smallest absolute Gasteiger partial charge is 0.241 e. The normalized spacial score (nSPS) is 39.2. The Hall–Kier alpha value is -0.0425. The van der Waals surface area contributed by atoms with E-state index in [2.05, 4.69) is 98.5 Å². The summed E-state index contributed by atoms with van der Waals surface area (Å²) in [5, 5.41) is 0. The van der Waals surface area contributed by atoms with Gasteiger partial charge in [-0.15, -0.1) is 0 Å². The van der Waals surface area contributed by atoms with Gasteiger partial charge in [0.15, 0.2) is 30.7 Å². The zero-order valence-electron chi connectivity index (χ0n) is 29.7. The summed E-state index contributed by atoms with van der Waals surface area (Å²) in [7, 11) is -7.43. The SMILES string of the molecule is CC12CC[C@@H](O[Si](C)(C)C)CC1CCC1C2C(O[Si](C)(C)C)=CC2(C)C1CC[C@]2(O[Si](C)(C)C)C(=O)CO[Si](C)(C)C. The van der Waals surface area contributed by atoms with Gasteiger partial charge in [0.2, 0.25) is 8.32 Å². The number of carbonyl (C=O) groups is 1. The molecule has 6 unspecified atom stereocenters. The Morgan fingerprint density at radius 2 is 1.45 bits per heavy atom. The van der Waals surface area contributed by atoms with Gasteiger partial charge in [-0.05, 0) is 153 Å². The molecule has 3 fully saturated rings. The summed E-state index contributed by atoms with van der Waals surface area (Å²) in [6.07, 6.45) is 10.7. The summed E-state index contributed by atoms with van der Waals surface area (Å²) in [6.45, 7) is 32.2. The lowest BCUT2D eigenvalue weighted by Crippen LogP contribution is -2.62. The highest BCUT2D eigenvalue weighted by atomic mass is 28.4. The summed E-state index contributed by atoms with van der Waals surface area (Å²) in [6, 6.07) is 0. The maximum absolute atomic E-state index is 14.5. The van der Waals surface area contributed by atoms with Crippen LogP contribution in [0.3, 0.4) is 0 Å². The third kappa shape index (κ3) is 7.02. The van der Waals surface area contributed by atoms with Crippen LogP contribution in [0.25, 0.3) is 0 Å². The Bertz CT molecular complexity index is 1050. The van der Waals surface area contributed by atoms with E-state index in [1.54, 1.807) is 0 Å². The maximum atomic E-state index is 14.5. The van der Waals surface area contributed by atoms with Crippen molar-refractivity contribution in [3.63, 3.8) is 0 Å². The van der Waals surface area contributed by atoms with Crippen molar-refractivity contribution in [3.05, 3.63) is 11.8 Å². The Labute approximate surface area is 262 Å². The molecule has 0 aromatic heterocycles. The Morgan fingerprint density at radius 3 is 2.00 bits per heavy atom. The molecule has 0 saturated heterocycles. The van der Waals surface area contributed by atoms with Gasteiger partial charge in [-0.3, -0.25) is 4.79 Å². The van der Waals surface area contributed by atoms with Crippen LogP contribution in [0.15, 0.2) is 11.8 Å². The van der Waals surface area contributed by atoms with Crippen molar-refractivity contribution in [3.8, 4) is 0 Å². The monoisotopic (exact) mass is 652 g/mol. The fourth-order valence-electron chi connectivity index (χ4n) is 9.38. The third-order valence-electron chi connectivity index (χ3n) is 10.7. The number of hydrogen-bond donors (Lipinski definition) is 0. The number of carbonyl (C=O) groups excluding carboxylic acids is 1. The van der Waals surface area contributed by atoms with E-state index in [9.17, 15) is 4.79 Å². The zero-order chi connectivity index (χ0) is 31.7. The number of hydrogen-bond acceptors (Lipinski definition) is 5. The first-order valence-corrected chi connectivity index (χ1v) is 30.5. The molecule has 42 heavy (non-hydrogen) atoms. The molecule has 0 spiro atoms. The van der Waals surface area contributed by atoms with Gasteiger partial charge in [0.1, 0.15) is 5.60 Å². The minimum Gasteiger partial charge on any atom is -0.547 e. The van der Waals surface area contributed by atoms with Crippen LogP contribution in [0.4, 0.5) is 0 Å². The molecule has 0 bridgehead atoms. The fraction of sp³-hybridized carbons (Fsp3) is 0.909. The van der Waals surface area contributed by atoms with Crippen molar-refractivity contribution in [2.75, 3.05) is 6.61 Å². The summed E-state index contributed by atoms with van der Waals surface area (Å²) < 4.78 is 27.3. The average Bonchev–Trinajstić information content (AvgIpc) is 3.06. The summed E-state index contributed by atoms with van der Waals surface area (Å²) in [5.41, 5.74) is -1.04. The van der Waals surface area contributed by atoms with E-state index in [1.807, 2.05) is 0 Å². The molecule has 4 aliphatic carbocycles. The topological polar surface area (TPSA) is 54.0 Å². The molecule has 3 saturated carbocycles. The lowest BCUT2D eigenvalue weighted by Gasteiger charge is -2.61. The summed E-state index contributed by atoms with van der Waals surface area (Å²) in [4.78, 5) is 14.5. The molecule has 4 rings (SSSR count). The highest BCUT2D eigenvalue weighted by Crippen LogP contribution is 2.69. The highest BCUT2D eigenvalue weighted by molar-refractivity contribution is 6.71. The molecule has 0 radical (unpaired) electrons. The van der Waals surface area contributed by atoms with Crippen LogP contribution in [-0.4, -0.2) is 57.4 Å². The number of Topliss-reactive ketones (excluding diaryl/α,β-unsaturated/α-hetero) is 1. The van der Waals surface area contributed by atoms with Crippen LogP contribution >= 0.6 is 0 Å². The molecule has 0 amide bonds. The van der Waals surface area contributed by atoms with Crippen molar-refractivity contribution < 1.29 is 22.5 Å². The summed E-state index contributed by atoms with van der Waals surface area (Å²) >= 11 is 0. The van der Waals surface area contributed by atoms with Gasteiger partial charge in [-0.25, -0.2) is 0 Å². The zero-order valence-corrected chi connectivity index (χ0v) is 33.7. The molecular formula is C33H64O5Si4. The average molecular weight is 653 g/mol. The fourth-order valence-corrected chi connectivity index (χ4v) is 13.5. The molecule has 242 valence electrons. The number of allylic oxidation sites excluding steroid dienone is 1. The largest absolute Gasteiger partial charge is 0.547 e. The molecule has 4 aliphatic rings. The quantitative estimate of drug-likeness (QED) is 0.220. The van der Waals surface area contributed by atoms with E-state index in [4.69, 9.17) is 17.7 Å². The molecule has 0 aromatic carbocycles. The predicted molar refractivity (Wildman–Crippen MR) is 185 cm³/mol. The first kappa shape index (κ1) is 34.8. The van der Waals surface area contributed by atoms with E-state index >= 15 is 0 Å². The maximum Gasteiger partial charge on any atom is 0.241 e. The van der Waals surface area contributed by atoms with Crippen molar-refractivity contribution in [1.29, 1.82) is 0 Å². The van der Waals surface area contributed by atoms with Crippen molar-refractivity contribution in [2.45, 2.75) is 149 Å². The second-order valence-electron chi connectivity index (χ2n) is 18.6. The van der Waals surface area contributed by atoms with Crippen molar-refractivity contribution in [2.24, 2.45) is 34.5 Å². The highest BCUT2D eigenvalue weighted by Gasteiger charge is 2.69. The molecule has 0 aromatic rings. The van der Waals surface area contributed by atoms with Gasteiger partial charge in [0.05, 0.1) is 12.4 Å².